The lowest BCUT2D eigenvalue weighted by molar-refractivity contribution is 1.38. The fourth-order valence-electron chi connectivity index (χ4n) is 2.18. The highest BCUT2D eigenvalue weighted by atomic mass is 32.2. The molecule has 0 radical (unpaired) electrons. The molecular weight excluding hydrogens is 266 g/mol. The van der Waals surface area contributed by atoms with Crippen LogP contribution in [0.15, 0.2) is 59.6 Å². The summed E-state index contributed by atoms with van der Waals surface area (Å²) in [5.41, 5.74) is 9.65. The molecule has 3 nitrogen and oxygen atoms in total. The molecule has 1 heterocycles. The lowest BCUT2D eigenvalue weighted by Gasteiger charge is -2.14. The van der Waals surface area contributed by atoms with Gasteiger partial charge >= 0.3 is 0 Å². The predicted octanol–water partition coefficient (Wildman–Crippen LogP) is 4.28. The van der Waals surface area contributed by atoms with Gasteiger partial charge in [0.2, 0.25) is 0 Å². The van der Waals surface area contributed by atoms with Crippen molar-refractivity contribution < 1.29 is 0 Å². The zero-order valence-electron chi connectivity index (χ0n) is 11.1. The Morgan fingerprint density at radius 3 is 2.65 bits per heavy atom. The van der Waals surface area contributed by atoms with Gasteiger partial charge < -0.3 is 11.1 Å². The number of para-hydroxylation sites is 2. The van der Waals surface area contributed by atoms with Crippen molar-refractivity contribution >= 4 is 39.7 Å². The topological polar surface area (TPSA) is 50.9 Å². The van der Waals surface area contributed by atoms with E-state index in [0.717, 1.165) is 22.3 Å². The van der Waals surface area contributed by atoms with Crippen LogP contribution in [0.25, 0.3) is 10.9 Å². The van der Waals surface area contributed by atoms with Crippen LogP contribution in [0.1, 0.15) is 0 Å². The molecule has 0 atom stereocenters. The summed E-state index contributed by atoms with van der Waals surface area (Å²) in [6, 6.07) is 16.2. The summed E-state index contributed by atoms with van der Waals surface area (Å²) < 4.78 is 0. The number of hydrogen-bond donors (Lipinski definition) is 2. The van der Waals surface area contributed by atoms with E-state index in [1.54, 1.807) is 18.0 Å². The number of pyridine rings is 1. The number of rotatable bonds is 3. The second kappa shape index (κ2) is 5.43. The third kappa shape index (κ3) is 2.30. The molecule has 20 heavy (non-hydrogen) atoms. The number of nitrogens with zero attached hydrogens (tertiary/aromatic N) is 1. The van der Waals surface area contributed by atoms with Gasteiger partial charge in [-0.25, -0.2) is 0 Å². The number of anilines is 3. The molecule has 0 saturated heterocycles. The Morgan fingerprint density at radius 2 is 1.80 bits per heavy atom. The van der Waals surface area contributed by atoms with Gasteiger partial charge in [0.05, 0.1) is 28.8 Å². The Labute approximate surface area is 122 Å². The first-order chi connectivity index (χ1) is 9.79. The van der Waals surface area contributed by atoms with E-state index in [4.69, 9.17) is 5.73 Å². The quantitative estimate of drug-likeness (QED) is 0.703. The second-order valence-electron chi connectivity index (χ2n) is 4.43. The number of fused-ring (bicyclic) bond motifs is 1. The van der Waals surface area contributed by atoms with Crippen LogP contribution in [0.4, 0.5) is 17.1 Å². The molecule has 0 unspecified atom stereocenters. The number of nitrogens with one attached hydrogen (secondary N) is 1. The van der Waals surface area contributed by atoms with E-state index in [1.807, 2.05) is 36.4 Å². The van der Waals surface area contributed by atoms with Crippen molar-refractivity contribution in [3.63, 3.8) is 0 Å². The first kappa shape index (κ1) is 12.8. The van der Waals surface area contributed by atoms with Crippen LogP contribution in [0.2, 0.25) is 0 Å². The maximum absolute atomic E-state index is 6.09. The fourth-order valence-corrected chi connectivity index (χ4v) is 2.73. The molecule has 0 aliphatic rings. The molecule has 3 N–H and O–H groups in total. The van der Waals surface area contributed by atoms with Crippen LogP contribution in [0, 0.1) is 0 Å². The predicted molar refractivity (Wildman–Crippen MR) is 87.7 cm³/mol. The third-order valence-electron chi connectivity index (χ3n) is 3.17. The summed E-state index contributed by atoms with van der Waals surface area (Å²) in [6.45, 7) is 0. The highest BCUT2D eigenvalue weighted by molar-refractivity contribution is 7.98. The van der Waals surface area contributed by atoms with Crippen molar-refractivity contribution in [1.82, 2.24) is 4.98 Å². The normalized spacial score (nSPS) is 10.7. The van der Waals surface area contributed by atoms with Crippen LogP contribution < -0.4 is 11.1 Å². The minimum atomic E-state index is 0.652. The lowest BCUT2D eigenvalue weighted by Crippen LogP contribution is -1.99. The molecule has 3 aromatic rings. The van der Waals surface area contributed by atoms with Gasteiger partial charge in [-0.3, -0.25) is 4.98 Å². The van der Waals surface area contributed by atoms with Crippen molar-refractivity contribution in [3.8, 4) is 0 Å². The number of nitrogen functional groups attached to an aromatic ring is 1. The molecule has 100 valence electrons. The van der Waals surface area contributed by atoms with Gasteiger partial charge in [-0.2, -0.15) is 0 Å². The third-order valence-corrected chi connectivity index (χ3v) is 3.97. The van der Waals surface area contributed by atoms with E-state index in [-0.39, 0.29) is 0 Å². The number of benzene rings is 2. The van der Waals surface area contributed by atoms with Crippen molar-refractivity contribution in [3.05, 3.63) is 54.7 Å². The fraction of sp³-hybridized carbons (Fsp3) is 0.0625. The SMILES string of the molecule is CSc1ccccc1Nc1c(N)cnc2ccccc12. The second-order valence-corrected chi connectivity index (χ2v) is 5.28. The Balaban J connectivity index is 2.13. The smallest absolute Gasteiger partial charge is 0.0746 e. The van der Waals surface area contributed by atoms with Crippen molar-refractivity contribution in [2.75, 3.05) is 17.3 Å². The highest BCUT2D eigenvalue weighted by Crippen LogP contribution is 2.34. The number of aromatic nitrogens is 1. The Morgan fingerprint density at radius 1 is 1.05 bits per heavy atom. The first-order valence-corrected chi connectivity index (χ1v) is 7.55. The molecule has 4 heteroatoms. The van der Waals surface area contributed by atoms with Gasteiger partial charge in [0.15, 0.2) is 0 Å². The van der Waals surface area contributed by atoms with Gasteiger partial charge in [-0.15, -0.1) is 11.8 Å². The Kier molecular flexibility index (Phi) is 3.48. The summed E-state index contributed by atoms with van der Waals surface area (Å²) in [5.74, 6) is 0. The summed E-state index contributed by atoms with van der Waals surface area (Å²) in [7, 11) is 0. The molecule has 1 aromatic heterocycles. The molecule has 0 aliphatic heterocycles. The van der Waals surface area contributed by atoms with Crippen molar-refractivity contribution in [2.45, 2.75) is 4.90 Å². The molecule has 0 bridgehead atoms. The maximum Gasteiger partial charge on any atom is 0.0746 e. The number of nitrogens with two attached hydrogens (primary N) is 1. The Hall–Kier alpha value is -2.20. The van der Waals surface area contributed by atoms with Crippen molar-refractivity contribution in [1.29, 1.82) is 0 Å². The summed E-state index contributed by atoms with van der Waals surface area (Å²) in [4.78, 5) is 5.54. The minimum absolute atomic E-state index is 0.652. The molecule has 0 spiro atoms. The summed E-state index contributed by atoms with van der Waals surface area (Å²) in [6.07, 6.45) is 3.76. The minimum Gasteiger partial charge on any atom is -0.396 e. The molecule has 0 fully saturated rings. The monoisotopic (exact) mass is 281 g/mol. The Bertz CT molecular complexity index is 756. The van der Waals surface area contributed by atoms with Crippen LogP contribution in [0.3, 0.4) is 0 Å². The maximum atomic E-state index is 6.09. The largest absolute Gasteiger partial charge is 0.396 e. The van der Waals surface area contributed by atoms with E-state index in [1.165, 1.54) is 4.90 Å². The van der Waals surface area contributed by atoms with E-state index in [2.05, 4.69) is 28.7 Å². The van der Waals surface area contributed by atoms with Crippen LogP contribution in [-0.2, 0) is 0 Å². The van der Waals surface area contributed by atoms with Gasteiger partial charge in [-0.05, 0) is 24.5 Å². The number of hydrogen-bond acceptors (Lipinski definition) is 4. The van der Waals surface area contributed by atoms with Gasteiger partial charge in [0, 0.05) is 10.3 Å². The van der Waals surface area contributed by atoms with Crippen LogP contribution >= 0.6 is 11.8 Å². The van der Waals surface area contributed by atoms with Gasteiger partial charge in [0.1, 0.15) is 0 Å². The van der Waals surface area contributed by atoms with E-state index in [0.29, 0.717) is 5.69 Å². The standard InChI is InChI=1S/C16H15N3S/c1-20-15-9-5-4-8-14(15)19-16-11-6-2-3-7-13(11)18-10-12(16)17/h2-10H,17H2,1H3,(H,18,19). The molecule has 0 aliphatic carbocycles. The average Bonchev–Trinajstić information content (AvgIpc) is 2.50. The summed E-state index contributed by atoms with van der Waals surface area (Å²) in [5, 5.41) is 4.48. The van der Waals surface area contributed by atoms with E-state index < -0.39 is 0 Å². The number of thioether (sulfide) groups is 1. The highest BCUT2D eigenvalue weighted by Gasteiger charge is 2.08. The molecule has 0 saturated carbocycles. The van der Waals surface area contributed by atoms with Crippen LogP contribution in [0.5, 0.6) is 0 Å². The van der Waals surface area contributed by atoms with E-state index in [9.17, 15) is 0 Å². The van der Waals surface area contributed by atoms with E-state index >= 15 is 0 Å². The zero-order valence-corrected chi connectivity index (χ0v) is 11.9. The summed E-state index contributed by atoms with van der Waals surface area (Å²) >= 11 is 1.71. The van der Waals surface area contributed by atoms with Gasteiger partial charge in [0.25, 0.3) is 0 Å². The molecule has 0 amide bonds. The average molecular weight is 281 g/mol. The molecule has 2 aromatic carbocycles. The first-order valence-electron chi connectivity index (χ1n) is 6.33. The molecular formula is C16H15N3S. The van der Waals surface area contributed by atoms with Gasteiger partial charge in [-0.1, -0.05) is 30.3 Å². The lowest BCUT2D eigenvalue weighted by atomic mass is 10.1. The molecule has 3 rings (SSSR count). The van der Waals surface area contributed by atoms with Crippen molar-refractivity contribution in [2.24, 2.45) is 0 Å². The zero-order chi connectivity index (χ0) is 13.9. The van der Waals surface area contributed by atoms with Crippen LogP contribution in [-0.4, -0.2) is 11.2 Å².